The van der Waals surface area contributed by atoms with Crippen molar-refractivity contribution in [2.24, 2.45) is 0 Å². The molecule has 76 valence electrons. The Morgan fingerprint density at radius 3 is 2.43 bits per heavy atom. The fourth-order valence-corrected chi connectivity index (χ4v) is 1.04. The van der Waals surface area contributed by atoms with E-state index in [1.165, 1.54) is 0 Å². The summed E-state index contributed by atoms with van der Waals surface area (Å²) >= 11 is 4.84. The Hall–Kier alpha value is -1.17. The molecule has 0 radical (unpaired) electrons. The topological polar surface area (TPSA) is 30.0 Å². The fraction of sp³-hybridized carbons (Fsp3) is 0.143. The van der Waals surface area contributed by atoms with Gasteiger partial charge in [-0.3, -0.25) is 4.79 Å². The van der Waals surface area contributed by atoms with Gasteiger partial charge < -0.3 is 0 Å². The zero-order chi connectivity index (χ0) is 10.9. The van der Waals surface area contributed by atoms with Crippen LogP contribution in [0.15, 0.2) is 6.07 Å². The second-order valence-corrected chi connectivity index (χ2v) is 2.60. The number of aromatic nitrogens is 1. The largest absolute Gasteiger partial charge is 0.281 e. The minimum atomic E-state index is -3.27. The third-order valence-electron chi connectivity index (χ3n) is 1.37. The predicted octanol–water partition coefficient (Wildman–Crippen LogP) is 2.68. The average molecular weight is 228 g/mol. The van der Waals surface area contributed by atoms with Crippen LogP contribution in [0.2, 0.25) is 0 Å². The van der Waals surface area contributed by atoms with Gasteiger partial charge in [-0.1, -0.05) is 0 Å². The summed E-state index contributed by atoms with van der Waals surface area (Å²) in [7, 11) is 0. The summed E-state index contributed by atoms with van der Waals surface area (Å²) < 4.78 is 49.5. The van der Waals surface area contributed by atoms with Gasteiger partial charge in [-0.25, -0.2) is 18.2 Å². The Bertz CT molecular complexity index is 382. The average Bonchev–Trinajstić information content (AvgIpc) is 2.01. The summed E-state index contributed by atoms with van der Waals surface area (Å²) in [5.74, 6) is -2.88. The molecule has 1 aromatic heterocycles. The monoisotopic (exact) mass is 227 g/mol. The second-order valence-electron chi connectivity index (χ2n) is 2.26. The number of halogens is 5. The third-order valence-corrected chi connectivity index (χ3v) is 1.56. The second kappa shape index (κ2) is 3.91. The van der Waals surface area contributed by atoms with Crippen LogP contribution in [-0.4, -0.2) is 10.2 Å². The number of alkyl halides is 2. The number of carbonyl (C=O) groups excluding carboxylic acids is 1. The minimum Gasteiger partial charge on any atom is -0.275 e. The van der Waals surface area contributed by atoms with Crippen molar-refractivity contribution in [1.82, 2.24) is 4.98 Å². The highest BCUT2D eigenvalue weighted by molar-refractivity contribution is 6.67. The molecular weight excluding hydrogens is 226 g/mol. The molecule has 0 N–H and O–H groups in total. The first kappa shape index (κ1) is 10.9. The number of pyridine rings is 1. The highest BCUT2D eigenvalue weighted by Gasteiger charge is 2.24. The molecule has 7 heteroatoms. The van der Waals surface area contributed by atoms with E-state index in [0.29, 0.717) is 0 Å². The van der Waals surface area contributed by atoms with E-state index < -0.39 is 34.7 Å². The lowest BCUT2D eigenvalue weighted by atomic mass is 10.2. The maximum absolute atomic E-state index is 12.8. The molecule has 0 aromatic carbocycles. The number of carbonyl (C=O) groups is 1. The molecule has 0 aliphatic rings. The van der Waals surface area contributed by atoms with E-state index >= 15 is 0 Å². The molecule has 0 spiro atoms. The summed E-state index contributed by atoms with van der Waals surface area (Å²) in [4.78, 5) is 13.2. The summed E-state index contributed by atoms with van der Waals surface area (Å²) in [5, 5.41) is -1.44. The lowest BCUT2D eigenvalue weighted by Crippen LogP contribution is -2.07. The van der Waals surface area contributed by atoms with Crippen molar-refractivity contribution in [3.8, 4) is 0 Å². The lowest BCUT2D eigenvalue weighted by Gasteiger charge is -2.04. The van der Waals surface area contributed by atoms with Crippen LogP contribution in [0.1, 0.15) is 22.5 Å². The Morgan fingerprint density at radius 2 is 2.00 bits per heavy atom. The van der Waals surface area contributed by atoms with Gasteiger partial charge in [0.2, 0.25) is 5.95 Å². The van der Waals surface area contributed by atoms with Crippen LogP contribution in [0, 0.1) is 11.8 Å². The van der Waals surface area contributed by atoms with Gasteiger partial charge in [-0.15, -0.1) is 0 Å². The molecule has 0 aliphatic carbocycles. The number of hydrogen-bond donors (Lipinski definition) is 0. The predicted molar refractivity (Wildman–Crippen MR) is 39.3 cm³/mol. The molecule has 0 bridgehead atoms. The van der Waals surface area contributed by atoms with Crippen molar-refractivity contribution in [2.45, 2.75) is 6.43 Å². The van der Waals surface area contributed by atoms with Gasteiger partial charge in [0.05, 0.1) is 5.56 Å². The Labute approximate surface area is 80.5 Å². The van der Waals surface area contributed by atoms with Crippen molar-refractivity contribution in [1.29, 1.82) is 0 Å². The van der Waals surface area contributed by atoms with E-state index in [4.69, 9.17) is 11.6 Å². The van der Waals surface area contributed by atoms with E-state index in [-0.39, 0.29) is 6.07 Å². The van der Waals surface area contributed by atoms with Crippen LogP contribution in [0.3, 0.4) is 0 Å². The first-order valence-corrected chi connectivity index (χ1v) is 3.65. The van der Waals surface area contributed by atoms with Gasteiger partial charge in [0.1, 0.15) is 11.5 Å². The van der Waals surface area contributed by atoms with Crippen molar-refractivity contribution in [3.63, 3.8) is 0 Å². The van der Waals surface area contributed by atoms with Crippen LogP contribution >= 0.6 is 11.6 Å². The van der Waals surface area contributed by atoms with Gasteiger partial charge in [-0.05, 0) is 11.6 Å². The molecule has 0 amide bonds. The van der Waals surface area contributed by atoms with Crippen LogP contribution < -0.4 is 0 Å². The van der Waals surface area contributed by atoms with Gasteiger partial charge in [0.25, 0.3) is 11.7 Å². The molecule has 0 saturated carbocycles. The highest BCUT2D eigenvalue weighted by Crippen LogP contribution is 2.24. The molecule has 0 unspecified atom stereocenters. The van der Waals surface area contributed by atoms with E-state index in [1.807, 2.05) is 0 Å². The molecule has 0 atom stereocenters. The van der Waals surface area contributed by atoms with E-state index in [9.17, 15) is 22.4 Å². The zero-order valence-corrected chi connectivity index (χ0v) is 7.16. The van der Waals surface area contributed by atoms with E-state index in [0.717, 1.165) is 0 Å². The van der Waals surface area contributed by atoms with Crippen LogP contribution in [0.4, 0.5) is 17.6 Å². The smallest absolute Gasteiger partial charge is 0.275 e. The summed E-state index contributed by atoms with van der Waals surface area (Å²) in [6.07, 6.45) is -3.27. The molecule has 0 fully saturated rings. The van der Waals surface area contributed by atoms with Crippen LogP contribution in [0.5, 0.6) is 0 Å². The van der Waals surface area contributed by atoms with Crippen LogP contribution in [-0.2, 0) is 0 Å². The summed E-state index contributed by atoms with van der Waals surface area (Å²) in [6.45, 7) is 0. The van der Waals surface area contributed by atoms with Gasteiger partial charge >= 0.3 is 0 Å². The zero-order valence-electron chi connectivity index (χ0n) is 6.40. The number of hydrogen-bond acceptors (Lipinski definition) is 2. The number of rotatable bonds is 2. The molecule has 0 aliphatic heterocycles. The van der Waals surface area contributed by atoms with Crippen molar-refractivity contribution in [3.05, 3.63) is 29.1 Å². The van der Waals surface area contributed by atoms with Crippen molar-refractivity contribution in [2.75, 3.05) is 0 Å². The molecule has 1 heterocycles. The lowest BCUT2D eigenvalue weighted by molar-refractivity contribution is 0.105. The van der Waals surface area contributed by atoms with Gasteiger partial charge in [-0.2, -0.15) is 4.39 Å². The molecule has 2 nitrogen and oxygen atoms in total. The fourth-order valence-electron chi connectivity index (χ4n) is 0.855. The maximum Gasteiger partial charge on any atom is 0.281 e. The first-order valence-electron chi connectivity index (χ1n) is 3.27. The Morgan fingerprint density at radius 1 is 1.43 bits per heavy atom. The first-order chi connectivity index (χ1) is 6.43. The number of nitrogens with zero attached hydrogens (tertiary/aromatic N) is 1. The summed E-state index contributed by atoms with van der Waals surface area (Å²) in [5.41, 5.74) is -2.38. The molecule has 1 rings (SSSR count). The van der Waals surface area contributed by atoms with Crippen molar-refractivity contribution >= 4 is 16.8 Å². The molecule has 1 aromatic rings. The standard InChI is InChI=1S/C7H2ClF4NO/c8-6(14)4-2(9)1-3(10)13-5(4)7(11)12/h1,7H. The highest BCUT2D eigenvalue weighted by atomic mass is 35.5. The third kappa shape index (κ3) is 2.01. The Kier molecular flexibility index (Phi) is 3.05. The van der Waals surface area contributed by atoms with Gasteiger partial charge in [0.15, 0.2) is 0 Å². The normalized spacial score (nSPS) is 10.7. The Balaban J connectivity index is 3.44. The van der Waals surface area contributed by atoms with Gasteiger partial charge in [0, 0.05) is 6.07 Å². The molecule has 0 saturated heterocycles. The maximum atomic E-state index is 12.8. The van der Waals surface area contributed by atoms with E-state index in [2.05, 4.69) is 4.98 Å². The quantitative estimate of drug-likeness (QED) is 0.442. The molecule has 14 heavy (non-hydrogen) atoms. The SMILES string of the molecule is O=C(Cl)c1c(F)cc(F)nc1C(F)F. The molecular formula is C7H2ClF4NO. The van der Waals surface area contributed by atoms with Crippen molar-refractivity contribution < 1.29 is 22.4 Å². The van der Waals surface area contributed by atoms with E-state index in [1.54, 1.807) is 0 Å². The summed E-state index contributed by atoms with van der Waals surface area (Å²) in [6, 6.07) is 0.210. The minimum absolute atomic E-state index is 0.210. The van der Waals surface area contributed by atoms with Crippen LogP contribution in [0.25, 0.3) is 0 Å².